The average Bonchev–Trinajstić information content (AvgIpc) is 2.73. The minimum Gasteiger partial charge on any atom is -0.358 e. The summed E-state index contributed by atoms with van der Waals surface area (Å²) in [5.41, 5.74) is 1.38. The molecule has 2 aromatic rings. The molecule has 7 heteroatoms. The zero-order valence-electron chi connectivity index (χ0n) is 10.00. The molecule has 1 aromatic carbocycles. The number of rotatable bonds is 3. The second-order valence-electron chi connectivity index (χ2n) is 3.92. The molecule has 0 N–H and O–H groups in total. The van der Waals surface area contributed by atoms with Gasteiger partial charge < -0.3 is 10.1 Å². The standard InChI is InChI=1S/C12H9BrN4O2/c1-8-15-6-12(17(18)19)16(8)7-10-3-2-9(5-14)4-11(10)13/h2-4,6H,7H2,1H3. The SMILES string of the molecule is Cc1ncc([N+](=O)[O-])n1Cc1ccc(C#N)cc1Br. The maximum absolute atomic E-state index is 10.9. The lowest BCUT2D eigenvalue weighted by atomic mass is 10.1. The molecule has 0 bridgehead atoms. The van der Waals surface area contributed by atoms with Crippen molar-refractivity contribution in [1.29, 1.82) is 5.26 Å². The molecule has 0 fully saturated rings. The van der Waals surface area contributed by atoms with Gasteiger partial charge in [-0.3, -0.25) is 0 Å². The maximum atomic E-state index is 10.9. The zero-order valence-corrected chi connectivity index (χ0v) is 11.6. The fourth-order valence-electron chi connectivity index (χ4n) is 1.71. The summed E-state index contributed by atoms with van der Waals surface area (Å²) < 4.78 is 2.26. The lowest BCUT2D eigenvalue weighted by Crippen LogP contribution is -2.06. The van der Waals surface area contributed by atoms with Gasteiger partial charge in [-0.1, -0.05) is 22.0 Å². The van der Waals surface area contributed by atoms with Crippen LogP contribution < -0.4 is 0 Å². The zero-order chi connectivity index (χ0) is 14.0. The van der Waals surface area contributed by atoms with Crippen LogP contribution in [0.2, 0.25) is 0 Å². The summed E-state index contributed by atoms with van der Waals surface area (Å²) >= 11 is 3.37. The largest absolute Gasteiger partial charge is 0.358 e. The lowest BCUT2D eigenvalue weighted by molar-refractivity contribution is -0.392. The molecule has 0 aliphatic heterocycles. The highest BCUT2D eigenvalue weighted by molar-refractivity contribution is 9.10. The van der Waals surface area contributed by atoms with Crippen LogP contribution in [0.3, 0.4) is 0 Å². The van der Waals surface area contributed by atoms with Crippen molar-refractivity contribution in [3.8, 4) is 6.07 Å². The molecule has 0 radical (unpaired) electrons. The van der Waals surface area contributed by atoms with E-state index in [0.717, 1.165) is 10.0 Å². The second kappa shape index (κ2) is 5.20. The molecule has 0 spiro atoms. The van der Waals surface area contributed by atoms with Crippen molar-refractivity contribution in [1.82, 2.24) is 9.55 Å². The molecule has 0 aliphatic rings. The number of nitro groups is 1. The van der Waals surface area contributed by atoms with Crippen LogP contribution in [0.5, 0.6) is 0 Å². The van der Waals surface area contributed by atoms with E-state index in [1.807, 2.05) is 6.07 Å². The van der Waals surface area contributed by atoms with Crippen LogP contribution >= 0.6 is 15.9 Å². The Kier molecular flexibility index (Phi) is 3.62. The average molecular weight is 321 g/mol. The quantitative estimate of drug-likeness (QED) is 0.642. The van der Waals surface area contributed by atoms with Gasteiger partial charge >= 0.3 is 5.82 Å². The third-order valence-corrected chi connectivity index (χ3v) is 3.47. The van der Waals surface area contributed by atoms with Gasteiger partial charge in [-0.05, 0) is 17.1 Å². The number of halogens is 1. The molecule has 0 saturated carbocycles. The highest BCUT2D eigenvalue weighted by Crippen LogP contribution is 2.22. The first-order valence-corrected chi connectivity index (χ1v) is 6.17. The van der Waals surface area contributed by atoms with Crippen LogP contribution in [0.4, 0.5) is 5.82 Å². The predicted molar refractivity (Wildman–Crippen MR) is 71.6 cm³/mol. The minimum absolute atomic E-state index is 0.0474. The summed E-state index contributed by atoms with van der Waals surface area (Å²) in [4.78, 5) is 14.4. The first-order chi connectivity index (χ1) is 9.02. The van der Waals surface area contributed by atoms with Crippen molar-refractivity contribution >= 4 is 21.7 Å². The summed E-state index contributed by atoms with van der Waals surface area (Å²) in [7, 11) is 0. The summed E-state index contributed by atoms with van der Waals surface area (Å²) in [5, 5.41) is 19.7. The van der Waals surface area contributed by atoms with Gasteiger partial charge in [0.15, 0.2) is 5.82 Å². The number of aryl methyl sites for hydroxylation is 1. The Hall–Kier alpha value is -2.20. The Bertz CT molecular complexity index is 688. The molecule has 0 amide bonds. The number of imidazole rings is 1. The maximum Gasteiger partial charge on any atom is 0.343 e. The molecule has 2 rings (SSSR count). The molecule has 0 atom stereocenters. The van der Waals surface area contributed by atoms with Crippen molar-refractivity contribution in [2.75, 3.05) is 0 Å². The molecule has 1 heterocycles. The number of benzene rings is 1. The molecule has 0 aliphatic carbocycles. The molecule has 1 aromatic heterocycles. The fraction of sp³-hybridized carbons (Fsp3) is 0.167. The van der Waals surface area contributed by atoms with Crippen LogP contribution in [0, 0.1) is 28.4 Å². The summed E-state index contributed by atoms with van der Waals surface area (Å²) in [6.07, 6.45) is 1.24. The summed E-state index contributed by atoms with van der Waals surface area (Å²) in [5.74, 6) is 0.525. The van der Waals surface area contributed by atoms with Crippen molar-refractivity contribution < 1.29 is 4.92 Å². The van der Waals surface area contributed by atoms with E-state index < -0.39 is 4.92 Å². The monoisotopic (exact) mass is 320 g/mol. The van der Waals surface area contributed by atoms with Crippen molar-refractivity contribution in [2.24, 2.45) is 0 Å². The van der Waals surface area contributed by atoms with Gasteiger partial charge in [-0.2, -0.15) is 5.26 Å². The molecule has 0 saturated heterocycles. The third-order valence-electron chi connectivity index (χ3n) is 2.73. The smallest absolute Gasteiger partial charge is 0.343 e. The van der Waals surface area contributed by atoms with Crippen LogP contribution in [-0.4, -0.2) is 14.5 Å². The van der Waals surface area contributed by atoms with E-state index in [1.54, 1.807) is 25.1 Å². The van der Waals surface area contributed by atoms with E-state index in [4.69, 9.17) is 5.26 Å². The van der Waals surface area contributed by atoms with E-state index in [2.05, 4.69) is 20.9 Å². The molecule has 96 valence electrons. The Morgan fingerprint density at radius 3 is 2.89 bits per heavy atom. The molecule has 0 unspecified atom stereocenters. The first-order valence-electron chi connectivity index (χ1n) is 5.38. The van der Waals surface area contributed by atoms with Crippen LogP contribution in [-0.2, 0) is 6.54 Å². The number of nitriles is 1. The highest BCUT2D eigenvalue weighted by Gasteiger charge is 2.18. The van der Waals surface area contributed by atoms with Crippen molar-refractivity contribution in [2.45, 2.75) is 13.5 Å². The van der Waals surface area contributed by atoms with Crippen molar-refractivity contribution in [3.05, 3.63) is 55.9 Å². The number of hydrogen-bond donors (Lipinski definition) is 0. The van der Waals surface area contributed by atoms with E-state index in [-0.39, 0.29) is 5.82 Å². The number of hydrogen-bond acceptors (Lipinski definition) is 4. The number of aromatic nitrogens is 2. The first kappa shape index (κ1) is 13.2. The fourth-order valence-corrected chi connectivity index (χ4v) is 2.22. The van der Waals surface area contributed by atoms with E-state index in [0.29, 0.717) is 17.9 Å². The summed E-state index contributed by atoms with van der Waals surface area (Å²) in [6, 6.07) is 7.17. The van der Waals surface area contributed by atoms with Crippen LogP contribution in [0.15, 0.2) is 28.9 Å². The van der Waals surface area contributed by atoms with E-state index in [9.17, 15) is 10.1 Å². The topological polar surface area (TPSA) is 84.8 Å². The normalized spacial score (nSPS) is 10.2. The summed E-state index contributed by atoms with van der Waals surface area (Å²) in [6.45, 7) is 2.04. The van der Waals surface area contributed by atoms with Gasteiger partial charge in [0, 0.05) is 17.0 Å². The van der Waals surface area contributed by atoms with Gasteiger partial charge in [-0.25, -0.2) is 9.55 Å². The Labute approximate surface area is 117 Å². The Balaban J connectivity index is 2.39. The van der Waals surface area contributed by atoms with Crippen molar-refractivity contribution in [3.63, 3.8) is 0 Å². The van der Waals surface area contributed by atoms with Gasteiger partial charge in [0.25, 0.3) is 0 Å². The molecule has 6 nitrogen and oxygen atoms in total. The Morgan fingerprint density at radius 2 is 2.32 bits per heavy atom. The van der Waals surface area contributed by atoms with Gasteiger partial charge in [0.05, 0.1) is 11.6 Å². The second-order valence-corrected chi connectivity index (χ2v) is 4.78. The predicted octanol–water partition coefficient (Wildman–Crippen LogP) is 2.78. The minimum atomic E-state index is -0.461. The Morgan fingerprint density at radius 1 is 1.58 bits per heavy atom. The van der Waals surface area contributed by atoms with Gasteiger partial charge in [0.1, 0.15) is 12.7 Å². The van der Waals surface area contributed by atoms with E-state index >= 15 is 0 Å². The molecular formula is C12H9BrN4O2. The highest BCUT2D eigenvalue weighted by atomic mass is 79.9. The number of nitrogens with zero attached hydrogens (tertiary/aromatic N) is 4. The van der Waals surface area contributed by atoms with E-state index in [1.165, 1.54) is 10.8 Å². The third kappa shape index (κ3) is 2.63. The van der Waals surface area contributed by atoms with Crippen LogP contribution in [0.25, 0.3) is 0 Å². The lowest BCUT2D eigenvalue weighted by Gasteiger charge is -2.05. The van der Waals surface area contributed by atoms with Gasteiger partial charge in [0.2, 0.25) is 0 Å². The van der Waals surface area contributed by atoms with Gasteiger partial charge in [-0.15, -0.1) is 0 Å². The molecule has 19 heavy (non-hydrogen) atoms. The molecular weight excluding hydrogens is 312 g/mol. The van der Waals surface area contributed by atoms with Crippen LogP contribution in [0.1, 0.15) is 17.0 Å².